The zero-order chi connectivity index (χ0) is 28.2. The highest BCUT2D eigenvalue weighted by Crippen LogP contribution is 2.28. The first-order valence-electron chi connectivity index (χ1n) is 12.6. The van der Waals surface area contributed by atoms with Crippen LogP contribution in [0.15, 0.2) is 65.1 Å². The molecule has 1 aromatic carbocycles. The van der Waals surface area contributed by atoms with Gasteiger partial charge in [-0.05, 0) is 29.3 Å². The fourth-order valence-electron chi connectivity index (χ4n) is 4.48. The molecule has 1 amide bonds. The van der Waals surface area contributed by atoms with E-state index in [-0.39, 0.29) is 29.7 Å². The average molecular weight is 603 g/mol. The minimum absolute atomic E-state index is 0.0179. The second kappa shape index (κ2) is 12.4. The maximum absolute atomic E-state index is 13.4. The van der Waals surface area contributed by atoms with Gasteiger partial charge in [-0.2, -0.15) is 10.1 Å². The number of hydrogen-bond acceptors (Lipinski definition) is 7. The summed E-state index contributed by atoms with van der Waals surface area (Å²) in [7, 11) is 0. The number of pyridine rings is 1. The van der Waals surface area contributed by atoms with E-state index in [1.807, 2.05) is 11.8 Å². The molecule has 1 aliphatic rings. The quantitative estimate of drug-likeness (QED) is 0.233. The summed E-state index contributed by atoms with van der Waals surface area (Å²) in [5, 5.41) is 8.11. The summed E-state index contributed by atoms with van der Waals surface area (Å²) in [6.45, 7) is 4.03. The van der Waals surface area contributed by atoms with Gasteiger partial charge in [0.05, 0.1) is 16.2 Å². The fraction of sp³-hybridized carbons (Fsp3) is 0.296. The van der Waals surface area contributed by atoms with E-state index in [0.717, 1.165) is 11.1 Å². The molecule has 0 bridgehead atoms. The molecule has 208 valence electrons. The number of benzene rings is 1. The molecular weight excluding hydrogens is 576 g/mol. The molecule has 1 unspecified atom stereocenters. The molecule has 1 atom stereocenters. The van der Waals surface area contributed by atoms with E-state index < -0.39 is 0 Å². The van der Waals surface area contributed by atoms with Crippen LogP contribution in [0.25, 0.3) is 0 Å². The number of anilines is 1. The maximum atomic E-state index is 13.4. The van der Waals surface area contributed by atoms with Crippen molar-refractivity contribution in [3.63, 3.8) is 0 Å². The first-order valence-corrected chi connectivity index (χ1v) is 14.3. The van der Waals surface area contributed by atoms with Gasteiger partial charge in [-0.25, -0.2) is 9.37 Å². The molecule has 1 N–H and O–H groups in total. The van der Waals surface area contributed by atoms with E-state index in [9.17, 15) is 14.0 Å². The number of carbonyl (C=O) groups is 1. The number of thioether (sulfide) groups is 1. The summed E-state index contributed by atoms with van der Waals surface area (Å²) in [6, 6.07) is 7.81. The van der Waals surface area contributed by atoms with Gasteiger partial charge in [0.1, 0.15) is 18.2 Å². The Morgan fingerprint density at radius 3 is 2.58 bits per heavy atom. The Morgan fingerprint density at radius 2 is 1.90 bits per heavy atom. The number of piperazine rings is 1. The molecule has 0 spiro atoms. The van der Waals surface area contributed by atoms with Gasteiger partial charge in [0, 0.05) is 62.0 Å². The maximum Gasteiger partial charge on any atom is 0.277 e. The van der Waals surface area contributed by atoms with Gasteiger partial charge in [-0.1, -0.05) is 54.0 Å². The van der Waals surface area contributed by atoms with Crippen LogP contribution < -0.4 is 10.5 Å². The predicted octanol–water partition coefficient (Wildman–Crippen LogP) is 4.60. The van der Waals surface area contributed by atoms with E-state index in [1.54, 1.807) is 52.5 Å². The minimum atomic E-state index is -0.361. The molecule has 1 aliphatic heterocycles. The number of aromatic nitrogens is 5. The normalized spacial score (nSPS) is 14.4. The fourth-order valence-corrected chi connectivity index (χ4v) is 5.90. The lowest BCUT2D eigenvalue weighted by Crippen LogP contribution is -2.50. The summed E-state index contributed by atoms with van der Waals surface area (Å²) in [5.41, 5.74) is 1.82. The Hall–Kier alpha value is -3.41. The lowest BCUT2D eigenvalue weighted by Gasteiger charge is -2.36. The van der Waals surface area contributed by atoms with Crippen LogP contribution in [0.3, 0.4) is 0 Å². The molecule has 13 heteroatoms. The number of H-pyrrole nitrogens is 1. The second-order valence-corrected chi connectivity index (χ2v) is 11.2. The van der Waals surface area contributed by atoms with Crippen molar-refractivity contribution in [2.45, 2.75) is 30.3 Å². The van der Waals surface area contributed by atoms with Crippen molar-refractivity contribution >= 4 is 46.7 Å². The van der Waals surface area contributed by atoms with Gasteiger partial charge in [0.15, 0.2) is 5.16 Å². The van der Waals surface area contributed by atoms with E-state index in [0.29, 0.717) is 58.5 Å². The van der Waals surface area contributed by atoms with Crippen molar-refractivity contribution in [1.82, 2.24) is 29.6 Å². The van der Waals surface area contributed by atoms with E-state index in [1.165, 1.54) is 23.9 Å². The van der Waals surface area contributed by atoms with Gasteiger partial charge < -0.3 is 14.4 Å². The number of rotatable bonds is 8. The van der Waals surface area contributed by atoms with Crippen LogP contribution in [0.5, 0.6) is 0 Å². The molecule has 1 fully saturated rings. The number of halogens is 3. The van der Waals surface area contributed by atoms with Crippen molar-refractivity contribution in [3.05, 3.63) is 98.0 Å². The molecule has 4 aromatic rings. The Labute approximate surface area is 244 Å². The summed E-state index contributed by atoms with van der Waals surface area (Å²) in [6.07, 6.45) is 6.67. The molecular formula is C27H26Cl2FN7O2S. The van der Waals surface area contributed by atoms with Crippen molar-refractivity contribution in [2.75, 3.05) is 31.1 Å². The lowest BCUT2D eigenvalue weighted by molar-refractivity contribution is -0.132. The number of nitrogens with one attached hydrogen (secondary N) is 1. The third kappa shape index (κ3) is 6.48. The molecule has 0 aliphatic carbocycles. The third-order valence-electron chi connectivity index (χ3n) is 6.78. The molecule has 3 aromatic heterocycles. The van der Waals surface area contributed by atoms with E-state index in [4.69, 9.17) is 23.2 Å². The summed E-state index contributed by atoms with van der Waals surface area (Å²) in [4.78, 5) is 39.0. The molecule has 4 heterocycles. The Morgan fingerprint density at radius 1 is 1.15 bits per heavy atom. The van der Waals surface area contributed by atoms with Crippen LogP contribution in [0.1, 0.15) is 29.5 Å². The standard InChI is InChI=1S/C27H26Cl2FN7O2S/c1-17(19-11-32-33-12-19)22-14-37(27(34-26(22)39)40-16-18-2-4-21(30)5-3-18)15-24(38)35-6-8-36(9-7-35)25-23(29)10-20(28)13-31-25/h2-5,10-14,17H,6-9,15-16H2,1H3,(H,32,33). The first kappa shape index (κ1) is 28.1. The van der Waals surface area contributed by atoms with Gasteiger partial charge in [-0.15, -0.1) is 0 Å². The van der Waals surface area contributed by atoms with Crippen LogP contribution >= 0.6 is 35.0 Å². The second-order valence-electron chi connectivity index (χ2n) is 9.41. The number of hydrogen-bond donors (Lipinski definition) is 1. The Kier molecular flexibility index (Phi) is 8.72. The van der Waals surface area contributed by atoms with Crippen molar-refractivity contribution < 1.29 is 9.18 Å². The van der Waals surface area contributed by atoms with Crippen LogP contribution in [0, 0.1) is 5.82 Å². The van der Waals surface area contributed by atoms with Crippen molar-refractivity contribution in [3.8, 4) is 0 Å². The monoisotopic (exact) mass is 601 g/mol. The Bertz CT molecular complexity index is 1540. The molecule has 1 saturated heterocycles. The van der Waals surface area contributed by atoms with Gasteiger partial charge in [-0.3, -0.25) is 14.7 Å². The van der Waals surface area contributed by atoms with Crippen LogP contribution in [-0.4, -0.2) is 61.7 Å². The zero-order valence-corrected chi connectivity index (χ0v) is 23.9. The third-order valence-corrected chi connectivity index (χ3v) is 8.32. The summed E-state index contributed by atoms with van der Waals surface area (Å²) in [5.74, 6) is 0.425. The van der Waals surface area contributed by atoms with Crippen molar-refractivity contribution in [2.24, 2.45) is 0 Å². The van der Waals surface area contributed by atoms with Crippen LogP contribution in [0.2, 0.25) is 10.0 Å². The van der Waals surface area contributed by atoms with Gasteiger partial charge in [0.25, 0.3) is 5.56 Å². The smallest absolute Gasteiger partial charge is 0.277 e. The molecule has 9 nitrogen and oxygen atoms in total. The number of amides is 1. The topological polar surface area (TPSA) is 100 Å². The highest BCUT2D eigenvalue weighted by Gasteiger charge is 2.25. The van der Waals surface area contributed by atoms with Crippen LogP contribution in [-0.2, 0) is 17.1 Å². The zero-order valence-electron chi connectivity index (χ0n) is 21.6. The molecule has 40 heavy (non-hydrogen) atoms. The largest absolute Gasteiger partial charge is 0.352 e. The number of nitrogens with zero attached hydrogens (tertiary/aromatic N) is 6. The number of aromatic amines is 1. The first-order chi connectivity index (χ1) is 19.3. The lowest BCUT2D eigenvalue weighted by atomic mass is 9.98. The number of carbonyl (C=O) groups excluding carboxylic acids is 1. The average Bonchev–Trinajstić information content (AvgIpc) is 3.49. The van der Waals surface area contributed by atoms with Gasteiger partial charge >= 0.3 is 0 Å². The van der Waals surface area contributed by atoms with E-state index >= 15 is 0 Å². The molecule has 0 radical (unpaired) electrons. The molecule has 5 rings (SSSR count). The summed E-state index contributed by atoms with van der Waals surface area (Å²) >= 11 is 13.6. The SMILES string of the molecule is CC(c1cn[nH]c1)c1cn(CC(=O)N2CCN(c3ncc(Cl)cc3Cl)CC2)c(SCc2ccc(F)cc2)nc1=O. The van der Waals surface area contributed by atoms with Crippen molar-refractivity contribution in [1.29, 1.82) is 0 Å². The van der Waals surface area contributed by atoms with Gasteiger partial charge in [0.2, 0.25) is 5.91 Å². The van der Waals surface area contributed by atoms with E-state index in [2.05, 4.69) is 20.2 Å². The minimum Gasteiger partial charge on any atom is -0.352 e. The highest BCUT2D eigenvalue weighted by atomic mass is 35.5. The Balaban J connectivity index is 1.34. The predicted molar refractivity (Wildman–Crippen MR) is 154 cm³/mol. The van der Waals surface area contributed by atoms with Crippen LogP contribution in [0.4, 0.5) is 10.2 Å². The molecule has 0 saturated carbocycles. The highest BCUT2D eigenvalue weighted by molar-refractivity contribution is 7.98. The summed E-state index contributed by atoms with van der Waals surface area (Å²) < 4.78 is 15.1.